The molecule has 2 N–H and O–H groups in total. The van der Waals surface area contributed by atoms with Crippen LogP contribution in [0.5, 0.6) is 5.75 Å². The zero-order valence-corrected chi connectivity index (χ0v) is 14.7. The smallest absolute Gasteiger partial charge is 0.221 e. The Kier molecular flexibility index (Phi) is 8.99. The Morgan fingerprint density at radius 2 is 2.22 bits per heavy atom. The Hall–Kier alpha value is -1.30. The summed E-state index contributed by atoms with van der Waals surface area (Å²) >= 11 is 0. The van der Waals surface area contributed by atoms with E-state index in [2.05, 4.69) is 30.5 Å². The molecule has 1 aromatic carbocycles. The molecule has 1 unspecified atom stereocenters. The van der Waals surface area contributed by atoms with Crippen molar-refractivity contribution in [3.8, 4) is 5.75 Å². The number of benzene rings is 1. The first kappa shape index (κ1) is 19.7. The summed E-state index contributed by atoms with van der Waals surface area (Å²) in [6, 6.07) is 8.15. The highest BCUT2D eigenvalue weighted by Crippen LogP contribution is 2.25. The molecule has 130 valence electrons. The number of halogens is 1. The van der Waals surface area contributed by atoms with E-state index in [0.717, 1.165) is 18.9 Å². The highest BCUT2D eigenvalue weighted by atomic mass is 35.5. The summed E-state index contributed by atoms with van der Waals surface area (Å²) in [6.07, 6.45) is 0.447. The third-order valence-corrected chi connectivity index (χ3v) is 3.65. The lowest BCUT2D eigenvalue weighted by molar-refractivity contribution is -0.122. The monoisotopic (exact) mass is 342 g/mol. The van der Waals surface area contributed by atoms with Crippen molar-refractivity contribution in [3.63, 3.8) is 0 Å². The van der Waals surface area contributed by atoms with Gasteiger partial charge in [-0.3, -0.25) is 4.79 Å². The van der Waals surface area contributed by atoms with E-state index in [-0.39, 0.29) is 24.4 Å². The molecule has 0 aliphatic carbocycles. The Morgan fingerprint density at radius 3 is 2.91 bits per heavy atom. The van der Waals surface area contributed by atoms with E-state index in [1.807, 2.05) is 18.2 Å². The third-order valence-electron chi connectivity index (χ3n) is 3.65. The average molecular weight is 343 g/mol. The van der Waals surface area contributed by atoms with Gasteiger partial charge < -0.3 is 20.1 Å². The van der Waals surface area contributed by atoms with Crippen molar-refractivity contribution in [1.29, 1.82) is 0 Å². The minimum Gasteiger partial charge on any atom is -0.491 e. The third kappa shape index (κ3) is 6.77. The van der Waals surface area contributed by atoms with Gasteiger partial charge in [0.2, 0.25) is 5.91 Å². The van der Waals surface area contributed by atoms with Gasteiger partial charge >= 0.3 is 0 Å². The molecule has 1 heterocycles. The van der Waals surface area contributed by atoms with Gasteiger partial charge in [0.15, 0.2) is 0 Å². The average Bonchev–Trinajstić information content (AvgIpc) is 2.53. The van der Waals surface area contributed by atoms with Crippen LogP contribution in [0.1, 0.15) is 31.7 Å². The van der Waals surface area contributed by atoms with E-state index in [9.17, 15) is 4.79 Å². The van der Waals surface area contributed by atoms with Gasteiger partial charge in [-0.1, -0.05) is 32.0 Å². The van der Waals surface area contributed by atoms with Crippen LogP contribution in [0.3, 0.4) is 0 Å². The number of carbonyl (C=O) groups excluding carboxylic acids is 1. The molecule has 1 aliphatic rings. The summed E-state index contributed by atoms with van der Waals surface area (Å²) in [4.78, 5) is 11.8. The highest BCUT2D eigenvalue weighted by molar-refractivity contribution is 5.85. The Balaban J connectivity index is 0.00000264. The molecular formula is C17H27ClN2O3. The largest absolute Gasteiger partial charge is 0.491 e. The molecule has 5 nitrogen and oxygen atoms in total. The van der Waals surface area contributed by atoms with Crippen LogP contribution < -0.4 is 15.4 Å². The number of hydrogen-bond donors (Lipinski definition) is 2. The number of rotatable bonds is 7. The molecule has 1 amide bonds. The second-order valence-electron chi connectivity index (χ2n) is 5.82. The van der Waals surface area contributed by atoms with Crippen LogP contribution >= 0.6 is 12.4 Å². The van der Waals surface area contributed by atoms with Crippen LogP contribution in [-0.4, -0.2) is 44.9 Å². The molecular weight excluding hydrogens is 316 g/mol. The maximum Gasteiger partial charge on any atom is 0.221 e. The predicted molar refractivity (Wildman–Crippen MR) is 93.5 cm³/mol. The topological polar surface area (TPSA) is 59.6 Å². The molecule has 23 heavy (non-hydrogen) atoms. The number of para-hydroxylation sites is 1. The molecule has 1 atom stereocenters. The first-order valence-electron chi connectivity index (χ1n) is 7.96. The molecule has 1 aliphatic heterocycles. The fourth-order valence-corrected chi connectivity index (χ4v) is 2.49. The van der Waals surface area contributed by atoms with Crippen molar-refractivity contribution in [2.75, 3.05) is 32.9 Å². The van der Waals surface area contributed by atoms with Crippen LogP contribution in [0.15, 0.2) is 24.3 Å². The van der Waals surface area contributed by atoms with Gasteiger partial charge in [-0.2, -0.15) is 0 Å². The van der Waals surface area contributed by atoms with Crippen molar-refractivity contribution in [2.24, 2.45) is 0 Å². The summed E-state index contributed by atoms with van der Waals surface area (Å²) in [5, 5.41) is 6.16. The van der Waals surface area contributed by atoms with E-state index < -0.39 is 0 Å². The molecule has 0 spiro atoms. The Morgan fingerprint density at radius 1 is 1.43 bits per heavy atom. The number of ether oxygens (including phenoxy) is 2. The number of morpholine rings is 1. The number of hydrogen-bond acceptors (Lipinski definition) is 4. The lowest BCUT2D eigenvalue weighted by Gasteiger charge is -2.23. The van der Waals surface area contributed by atoms with Crippen LogP contribution in [0, 0.1) is 0 Å². The van der Waals surface area contributed by atoms with Crippen molar-refractivity contribution in [1.82, 2.24) is 10.6 Å². The van der Waals surface area contributed by atoms with Crippen LogP contribution in [-0.2, 0) is 9.53 Å². The molecule has 1 fully saturated rings. The summed E-state index contributed by atoms with van der Waals surface area (Å²) in [6.45, 7) is 7.41. The summed E-state index contributed by atoms with van der Waals surface area (Å²) < 4.78 is 11.1. The number of carbonyl (C=O) groups is 1. The zero-order chi connectivity index (χ0) is 15.8. The van der Waals surface area contributed by atoms with E-state index in [4.69, 9.17) is 9.47 Å². The second kappa shape index (κ2) is 10.5. The van der Waals surface area contributed by atoms with E-state index in [1.165, 1.54) is 5.56 Å². The van der Waals surface area contributed by atoms with Gasteiger partial charge in [0.1, 0.15) is 12.4 Å². The van der Waals surface area contributed by atoms with Gasteiger partial charge in [-0.05, 0) is 17.5 Å². The molecule has 6 heteroatoms. The lowest BCUT2D eigenvalue weighted by atomic mass is 10.0. The fraction of sp³-hybridized carbons (Fsp3) is 0.588. The molecule has 2 rings (SSSR count). The minimum absolute atomic E-state index is 0. The van der Waals surface area contributed by atoms with E-state index in [1.54, 1.807) is 0 Å². The van der Waals surface area contributed by atoms with Crippen molar-refractivity contribution in [3.05, 3.63) is 29.8 Å². The van der Waals surface area contributed by atoms with Crippen LogP contribution in [0.25, 0.3) is 0 Å². The molecule has 0 bridgehead atoms. The first-order valence-corrected chi connectivity index (χ1v) is 7.96. The van der Waals surface area contributed by atoms with Gasteiger partial charge in [0.05, 0.1) is 19.8 Å². The zero-order valence-electron chi connectivity index (χ0n) is 13.8. The van der Waals surface area contributed by atoms with E-state index >= 15 is 0 Å². The fourth-order valence-electron chi connectivity index (χ4n) is 2.49. The number of amides is 1. The van der Waals surface area contributed by atoms with Gasteiger partial charge in [0.25, 0.3) is 0 Å². The Labute approximate surface area is 144 Å². The maximum absolute atomic E-state index is 11.8. The minimum atomic E-state index is 0. The van der Waals surface area contributed by atoms with Crippen LogP contribution in [0.4, 0.5) is 0 Å². The highest BCUT2D eigenvalue weighted by Gasteiger charge is 2.16. The number of nitrogens with one attached hydrogen (secondary N) is 2. The lowest BCUT2D eigenvalue weighted by Crippen LogP contribution is -2.44. The van der Waals surface area contributed by atoms with Gasteiger partial charge in [0, 0.05) is 19.0 Å². The molecule has 0 aromatic heterocycles. The van der Waals surface area contributed by atoms with Crippen molar-refractivity contribution in [2.45, 2.75) is 32.2 Å². The summed E-state index contributed by atoms with van der Waals surface area (Å²) in [5.74, 6) is 1.35. The first-order chi connectivity index (χ1) is 10.7. The second-order valence-corrected chi connectivity index (χ2v) is 5.82. The van der Waals surface area contributed by atoms with Gasteiger partial charge in [-0.25, -0.2) is 0 Å². The normalized spacial score (nSPS) is 17.4. The standard InChI is InChI=1S/C17H26N2O3.ClH/c1-13(2)15-5-3-4-6-16(15)22-10-8-19-17(20)11-14-12-21-9-7-18-14;/h3-6,13-14,18H,7-12H2,1-2H3,(H,19,20);1H. The van der Waals surface area contributed by atoms with E-state index in [0.29, 0.717) is 32.1 Å². The molecule has 1 aromatic rings. The van der Waals surface area contributed by atoms with Gasteiger partial charge in [-0.15, -0.1) is 12.4 Å². The molecule has 0 radical (unpaired) electrons. The van der Waals surface area contributed by atoms with Crippen molar-refractivity contribution >= 4 is 18.3 Å². The predicted octanol–water partition coefficient (Wildman–Crippen LogP) is 2.11. The van der Waals surface area contributed by atoms with Crippen LogP contribution in [0.2, 0.25) is 0 Å². The SMILES string of the molecule is CC(C)c1ccccc1OCCNC(=O)CC1COCCN1.Cl. The summed E-state index contributed by atoms with van der Waals surface area (Å²) in [5.41, 5.74) is 1.19. The Bertz CT molecular complexity index is 477. The summed E-state index contributed by atoms with van der Waals surface area (Å²) in [7, 11) is 0. The maximum atomic E-state index is 11.8. The van der Waals surface area contributed by atoms with Crippen molar-refractivity contribution < 1.29 is 14.3 Å². The quantitative estimate of drug-likeness (QED) is 0.745. The molecule has 0 saturated carbocycles. The molecule has 1 saturated heterocycles.